The highest BCUT2D eigenvalue weighted by Crippen LogP contribution is 2.02. The molecule has 1 atom stereocenters. The zero-order valence-electron chi connectivity index (χ0n) is 6.26. The Hall–Kier alpha value is 0.190. The Morgan fingerprint density at radius 2 is 2.00 bits per heavy atom. The second kappa shape index (κ2) is 7.82. The molecule has 72 valence electrons. The van der Waals surface area contributed by atoms with Crippen LogP contribution in [0.25, 0.3) is 0 Å². The molecule has 0 bridgehead atoms. The second-order valence-electron chi connectivity index (χ2n) is 1.89. The predicted molar refractivity (Wildman–Crippen MR) is 62.2 cm³/mol. The molecule has 0 saturated heterocycles. The van der Waals surface area contributed by atoms with Gasteiger partial charge in [0.1, 0.15) is 0 Å². The van der Waals surface area contributed by atoms with Gasteiger partial charge >= 0.3 is 0 Å². The molecular weight excluding hydrogens is 311 g/mol. The number of rotatable bonds is 3. The lowest BCUT2D eigenvalue weighted by atomic mass is 10.5. The molecule has 0 fully saturated rings. The molecule has 0 aromatic rings. The fourth-order valence-corrected chi connectivity index (χ4v) is 0.681. The van der Waals surface area contributed by atoms with Crippen molar-refractivity contribution in [3.63, 3.8) is 0 Å². The summed E-state index contributed by atoms with van der Waals surface area (Å²) in [6, 6.07) is 0. The van der Waals surface area contributed by atoms with Crippen LogP contribution in [-0.2, 0) is 0 Å². The number of hydrogen-bond acceptors (Lipinski definition) is 2. The highest BCUT2D eigenvalue weighted by Gasteiger charge is 2.00. The zero-order valence-corrected chi connectivity index (χ0v) is 10.2. The van der Waals surface area contributed by atoms with Crippen LogP contribution in [0.5, 0.6) is 0 Å². The van der Waals surface area contributed by atoms with Gasteiger partial charge in [0.25, 0.3) is 0 Å². The van der Waals surface area contributed by atoms with Gasteiger partial charge < -0.3 is 11.5 Å². The molecule has 0 aliphatic rings. The van der Waals surface area contributed by atoms with Gasteiger partial charge in [-0.05, 0) is 0 Å². The van der Waals surface area contributed by atoms with Gasteiger partial charge in [0, 0.05) is 10.2 Å². The monoisotopic (exact) mass is 320 g/mol. The Morgan fingerprint density at radius 1 is 1.50 bits per heavy atom. The summed E-state index contributed by atoms with van der Waals surface area (Å²) >= 11 is 6.59. The number of nitrogens with zero attached hydrogens (tertiary/aromatic N) is 1. The van der Waals surface area contributed by atoms with Crippen LogP contribution in [0.4, 0.5) is 0 Å². The number of halogens is 3. The molecule has 0 heterocycles. The number of nitrogens with two attached hydrogens (primary N) is 2. The normalized spacial score (nSPS) is 13.3. The smallest absolute Gasteiger partial charge is 0.161 e. The molecule has 1 unspecified atom stereocenters. The minimum Gasteiger partial charge on any atom is -0.381 e. The lowest BCUT2D eigenvalue weighted by Crippen LogP contribution is -2.31. The first kappa shape index (κ1) is 14.7. The lowest BCUT2D eigenvalue weighted by molar-refractivity contribution is 0.983. The van der Waals surface area contributed by atoms with Crippen molar-refractivity contribution in [1.82, 2.24) is 0 Å². The molecule has 5 N–H and O–H groups in total. The van der Waals surface area contributed by atoms with E-state index in [0.717, 1.165) is 5.33 Å². The summed E-state index contributed by atoms with van der Waals surface area (Å²) in [6.07, 6.45) is 0. The van der Waals surface area contributed by atoms with E-state index in [4.69, 9.17) is 16.9 Å². The van der Waals surface area contributed by atoms with E-state index in [0.29, 0.717) is 6.54 Å². The van der Waals surface area contributed by atoms with E-state index in [1.54, 1.807) is 0 Å². The molecule has 0 rings (SSSR count). The van der Waals surface area contributed by atoms with E-state index in [1.165, 1.54) is 0 Å². The number of aliphatic imine (C=N–C) groups is 1. The van der Waals surface area contributed by atoms with Crippen molar-refractivity contribution in [3.05, 3.63) is 0 Å². The van der Waals surface area contributed by atoms with Gasteiger partial charge in [0.15, 0.2) is 11.7 Å². The molecule has 0 aliphatic heterocycles. The van der Waals surface area contributed by atoms with Crippen molar-refractivity contribution in [1.29, 1.82) is 5.41 Å². The summed E-state index contributed by atoms with van der Waals surface area (Å²) in [5.41, 5.74) is 10.3. The third-order valence-corrected chi connectivity index (χ3v) is 3.17. The van der Waals surface area contributed by atoms with E-state index in [1.807, 2.05) is 0 Å². The van der Waals surface area contributed by atoms with Crippen LogP contribution in [0, 0.1) is 5.41 Å². The highest BCUT2D eigenvalue weighted by molar-refractivity contribution is 9.12. The molecule has 0 amide bonds. The number of amidine groups is 2. The summed E-state index contributed by atoms with van der Waals surface area (Å²) in [5.74, 6) is -0.0883. The van der Waals surface area contributed by atoms with Gasteiger partial charge in [-0.25, -0.2) is 0 Å². The molecule has 0 aromatic heterocycles. The Labute approximate surface area is 94.3 Å². The van der Waals surface area contributed by atoms with Gasteiger partial charge in [-0.3, -0.25) is 10.4 Å². The van der Waals surface area contributed by atoms with Crippen molar-refractivity contribution < 1.29 is 0 Å². The number of hydrogen-bond donors (Lipinski definition) is 3. The molecule has 12 heavy (non-hydrogen) atoms. The van der Waals surface area contributed by atoms with Crippen LogP contribution in [0.2, 0.25) is 0 Å². The number of alkyl halides is 2. The van der Waals surface area contributed by atoms with Crippen LogP contribution < -0.4 is 11.5 Å². The third kappa shape index (κ3) is 6.87. The van der Waals surface area contributed by atoms with Gasteiger partial charge in [-0.2, -0.15) is 0 Å². The van der Waals surface area contributed by atoms with Crippen molar-refractivity contribution in [2.24, 2.45) is 16.5 Å². The zero-order chi connectivity index (χ0) is 8.85. The van der Waals surface area contributed by atoms with E-state index in [-0.39, 0.29) is 28.9 Å². The maximum absolute atomic E-state index is 6.90. The molecule has 4 nitrogen and oxygen atoms in total. The summed E-state index contributed by atoms with van der Waals surface area (Å²) in [7, 11) is 0. The van der Waals surface area contributed by atoms with Gasteiger partial charge in [0.2, 0.25) is 0 Å². The first-order valence-corrected chi connectivity index (χ1v) is 4.96. The Balaban J connectivity index is 0. The lowest BCUT2D eigenvalue weighted by Gasteiger charge is -2.01. The maximum atomic E-state index is 6.90. The van der Waals surface area contributed by atoms with Crippen molar-refractivity contribution in [3.8, 4) is 0 Å². The number of nitrogens with one attached hydrogen (secondary N) is 1. The predicted octanol–water partition coefficient (Wildman–Crippen LogP) is 0.860. The average molecular weight is 322 g/mol. The van der Waals surface area contributed by atoms with Crippen molar-refractivity contribution in [2.75, 3.05) is 11.9 Å². The topological polar surface area (TPSA) is 88.2 Å². The molecule has 0 saturated carbocycles. The molecule has 0 spiro atoms. The van der Waals surface area contributed by atoms with E-state index >= 15 is 0 Å². The Bertz CT molecular complexity index is 173. The standard InChI is InChI=1S/C5H10Br2N4.ClH/c6-1-3(7)2-11-5(10)4(8)9;/h3H,1-2H2,(H3,8,9)(H2,10,11);1H. The van der Waals surface area contributed by atoms with Crippen LogP contribution in [0.1, 0.15) is 0 Å². The second-order valence-corrected chi connectivity index (χ2v) is 3.83. The van der Waals surface area contributed by atoms with E-state index in [2.05, 4.69) is 36.9 Å². The Kier molecular flexibility index (Phi) is 9.58. The molecule has 0 aromatic carbocycles. The molecule has 7 heteroatoms. The van der Waals surface area contributed by atoms with Gasteiger partial charge in [-0.1, -0.05) is 31.9 Å². The van der Waals surface area contributed by atoms with Gasteiger partial charge in [0.05, 0.1) is 6.54 Å². The van der Waals surface area contributed by atoms with Crippen LogP contribution in [0.3, 0.4) is 0 Å². The maximum Gasteiger partial charge on any atom is 0.161 e. The summed E-state index contributed by atoms with van der Waals surface area (Å²) in [5, 5.41) is 7.69. The highest BCUT2D eigenvalue weighted by atomic mass is 79.9. The largest absolute Gasteiger partial charge is 0.381 e. The summed E-state index contributed by atoms with van der Waals surface area (Å²) < 4.78 is 0. The summed E-state index contributed by atoms with van der Waals surface area (Å²) in [6.45, 7) is 0.524. The molecule has 0 radical (unpaired) electrons. The molecule has 0 aliphatic carbocycles. The van der Waals surface area contributed by atoms with Crippen LogP contribution in [0.15, 0.2) is 4.99 Å². The average Bonchev–Trinajstić information content (AvgIpc) is 1.99. The van der Waals surface area contributed by atoms with Gasteiger partial charge in [-0.15, -0.1) is 12.4 Å². The minimum atomic E-state index is -0.181. The Morgan fingerprint density at radius 3 is 2.33 bits per heavy atom. The van der Waals surface area contributed by atoms with Crippen LogP contribution in [-0.4, -0.2) is 28.4 Å². The minimum absolute atomic E-state index is 0. The summed E-state index contributed by atoms with van der Waals surface area (Å²) in [4.78, 5) is 4.10. The van der Waals surface area contributed by atoms with Crippen molar-refractivity contribution in [2.45, 2.75) is 4.83 Å². The third-order valence-electron chi connectivity index (χ3n) is 0.903. The molecular formula is C5H11Br2ClN4. The fraction of sp³-hybridized carbons (Fsp3) is 0.600. The first-order valence-electron chi connectivity index (χ1n) is 2.92. The first-order chi connectivity index (χ1) is 5.07. The van der Waals surface area contributed by atoms with Crippen LogP contribution >= 0.6 is 44.3 Å². The van der Waals surface area contributed by atoms with E-state index in [9.17, 15) is 0 Å². The quantitative estimate of drug-likeness (QED) is 0.409. The fourth-order valence-electron chi connectivity index (χ4n) is 0.331. The van der Waals surface area contributed by atoms with E-state index < -0.39 is 0 Å². The van der Waals surface area contributed by atoms with Crippen molar-refractivity contribution >= 4 is 55.9 Å². The SMILES string of the molecule is Cl.N=C(N)C(N)=NCC(Br)CBr.